The molecule has 1 aromatic heterocycles. The summed E-state index contributed by atoms with van der Waals surface area (Å²) in [7, 11) is 0. The first-order valence-corrected chi connectivity index (χ1v) is 5.49. The molecule has 1 aromatic carbocycles. The van der Waals surface area contributed by atoms with Gasteiger partial charge in [-0.15, -0.1) is 0 Å². The van der Waals surface area contributed by atoms with E-state index in [-0.39, 0.29) is 19.1 Å². The molecule has 0 radical (unpaired) electrons. The first-order chi connectivity index (χ1) is 8.69. The molecule has 5 heteroatoms. The van der Waals surface area contributed by atoms with Crippen molar-refractivity contribution in [3.63, 3.8) is 0 Å². The van der Waals surface area contributed by atoms with E-state index in [9.17, 15) is 9.18 Å². The standard InChI is InChI=1S/C13H13FN2O2/c14-10-3-1-4-11(7-10)15-13(18)8-16-6-2-5-12(16)9-17/h1-7,17H,8-9H2,(H,15,18). The molecule has 0 fully saturated rings. The third-order valence-corrected chi connectivity index (χ3v) is 2.51. The van der Waals surface area contributed by atoms with Crippen molar-refractivity contribution >= 4 is 11.6 Å². The molecule has 0 bridgehead atoms. The zero-order chi connectivity index (χ0) is 13.0. The molecule has 18 heavy (non-hydrogen) atoms. The number of rotatable bonds is 4. The maximum atomic E-state index is 12.9. The third kappa shape index (κ3) is 2.95. The van der Waals surface area contributed by atoms with Gasteiger partial charge in [-0.25, -0.2) is 4.39 Å². The molecule has 0 aliphatic heterocycles. The van der Waals surface area contributed by atoms with Crippen molar-refractivity contribution < 1.29 is 14.3 Å². The highest BCUT2D eigenvalue weighted by Crippen LogP contribution is 2.09. The predicted molar refractivity (Wildman–Crippen MR) is 65.4 cm³/mol. The van der Waals surface area contributed by atoms with Crippen LogP contribution in [0.25, 0.3) is 0 Å². The zero-order valence-corrected chi connectivity index (χ0v) is 9.64. The summed E-state index contributed by atoms with van der Waals surface area (Å²) in [6, 6.07) is 9.19. The Balaban J connectivity index is 2.01. The van der Waals surface area contributed by atoms with Gasteiger partial charge in [-0.2, -0.15) is 0 Å². The van der Waals surface area contributed by atoms with Gasteiger partial charge in [0.25, 0.3) is 0 Å². The van der Waals surface area contributed by atoms with E-state index in [0.717, 1.165) is 0 Å². The van der Waals surface area contributed by atoms with E-state index in [1.165, 1.54) is 18.2 Å². The molecular formula is C13H13FN2O2. The van der Waals surface area contributed by atoms with E-state index in [1.807, 2.05) is 0 Å². The quantitative estimate of drug-likeness (QED) is 0.866. The molecule has 0 atom stereocenters. The maximum absolute atomic E-state index is 12.9. The molecule has 0 unspecified atom stereocenters. The van der Waals surface area contributed by atoms with E-state index in [4.69, 9.17) is 5.11 Å². The Hall–Kier alpha value is -2.14. The second-order valence-electron chi connectivity index (χ2n) is 3.84. The van der Waals surface area contributed by atoms with Crippen LogP contribution in [0.3, 0.4) is 0 Å². The summed E-state index contributed by atoms with van der Waals surface area (Å²) in [5, 5.41) is 11.6. The number of carbonyl (C=O) groups is 1. The van der Waals surface area contributed by atoms with Crippen LogP contribution in [0.2, 0.25) is 0 Å². The molecule has 0 spiro atoms. The fraction of sp³-hybridized carbons (Fsp3) is 0.154. The number of anilines is 1. The molecular weight excluding hydrogens is 235 g/mol. The number of hydrogen-bond donors (Lipinski definition) is 2. The first kappa shape index (κ1) is 12.3. The molecule has 4 nitrogen and oxygen atoms in total. The van der Waals surface area contributed by atoms with Gasteiger partial charge < -0.3 is 15.0 Å². The number of halogens is 1. The number of carbonyl (C=O) groups excluding carboxylic acids is 1. The second-order valence-corrected chi connectivity index (χ2v) is 3.84. The van der Waals surface area contributed by atoms with Gasteiger partial charge in [-0.05, 0) is 30.3 Å². The van der Waals surface area contributed by atoms with E-state index in [0.29, 0.717) is 11.4 Å². The van der Waals surface area contributed by atoms with E-state index < -0.39 is 5.82 Å². The average molecular weight is 248 g/mol. The van der Waals surface area contributed by atoms with Crippen molar-refractivity contribution in [1.82, 2.24) is 4.57 Å². The number of nitrogens with zero attached hydrogens (tertiary/aromatic N) is 1. The lowest BCUT2D eigenvalue weighted by molar-refractivity contribution is -0.116. The third-order valence-electron chi connectivity index (χ3n) is 2.51. The van der Waals surface area contributed by atoms with Crippen LogP contribution in [0, 0.1) is 5.82 Å². The van der Waals surface area contributed by atoms with Crippen LogP contribution in [0.15, 0.2) is 42.6 Å². The van der Waals surface area contributed by atoms with Gasteiger partial charge in [0, 0.05) is 17.6 Å². The van der Waals surface area contributed by atoms with Gasteiger partial charge >= 0.3 is 0 Å². The monoisotopic (exact) mass is 248 g/mol. The van der Waals surface area contributed by atoms with Crippen LogP contribution in [-0.4, -0.2) is 15.6 Å². The summed E-state index contributed by atoms with van der Waals surface area (Å²) < 4.78 is 14.6. The van der Waals surface area contributed by atoms with Gasteiger partial charge in [0.15, 0.2) is 0 Å². The van der Waals surface area contributed by atoms with Gasteiger partial charge in [0.2, 0.25) is 5.91 Å². The molecule has 0 saturated carbocycles. The van der Waals surface area contributed by atoms with Crippen molar-refractivity contribution in [2.24, 2.45) is 0 Å². The molecule has 0 saturated heterocycles. The Morgan fingerprint density at radius 2 is 2.17 bits per heavy atom. The molecule has 2 rings (SSSR count). The minimum absolute atomic E-state index is 0.0827. The molecule has 0 aliphatic rings. The summed E-state index contributed by atoms with van der Waals surface area (Å²) in [6.07, 6.45) is 1.71. The Labute approximate surface area is 104 Å². The zero-order valence-electron chi connectivity index (χ0n) is 9.64. The van der Waals surface area contributed by atoms with Crippen molar-refractivity contribution in [1.29, 1.82) is 0 Å². The number of aliphatic hydroxyl groups excluding tert-OH is 1. The Morgan fingerprint density at radius 3 is 2.89 bits per heavy atom. The smallest absolute Gasteiger partial charge is 0.244 e. The van der Waals surface area contributed by atoms with Crippen LogP contribution in [0.1, 0.15) is 5.69 Å². The number of aromatic nitrogens is 1. The second kappa shape index (κ2) is 5.46. The topological polar surface area (TPSA) is 54.3 Å². The lowest BCUT2D eigenvalue weighted by Gasteiger charge is -2.08. The van der Waals surface area contributed by atoms with Crippen LogP contribution >= 0.6 is 0 Å². The SMILES string of the molecule is O=C(Cn1cccc1CO)Nc1cccc(F)c1. The fourth-order valence-corrected chi connectivity index (χ4v) is 1.67. The number of benzene rings is 1. The number of nitrogens with one attached hydrogen (secondary N) is 1. The molecule has 1 heterocycles. The van der Waals surface area contributed by atoms with Crippen LogP contribution in [-0.2, 0) is 17.9 Å². The lowest BCUT2D eigenvalue weighted by atomic mass is 10.3. The normalized spacial score (nSPS) is 10.3. The minimum atomic E-state index is -0.398. The Morgan fingerprint density at radius 1 is 1.33 bits per heavy atom. The largest absolute Gasteiger partial charge is 0.390 e. The summed E-state index contributed by atoms with van der Waals surface area (Å²) in [5.74, 6) is -0.670. The summed E-state index contributed by atoms with van der Waals surface area (Å²) in [4.78, 5) is 11.7. The maximum Gasteiger partial charge on any atom is 0.244 e. The summed E-state index contributed by atoms with van der Waals surface area (Å²) in [5.41, 5.74) is 1.07. The highest BCUT2D eigenvalue weighted by atomic mass is 19.1. The van der Waals surface area contributed by atoms with E-state index in [2.05, 4.69) is 5.32 Å². The van der Waals surface area contributed by atoms with Crippen molar-refractivity contribution in [3.05, 3.63) is 54.1 Å². The number of aliphatic hydroxyl groups is 1. The predicted octanol–water partition coefficient (Wildman–Crippen LogP) is 1.76. The van der Waals surface area contributed by atoms with Gasteiger partial charge in [0.05, 0.1) is 6.61 Å². The van der Waals surface area contributed by atoms with Crippen LogP contribution in [0.4, 0.5) is 10.1 Å². The van der Waals surface area contributed by atoms with Crippen molar-refractivity contribution in [2.75, 3.05) is 5.32 Å². The average Bonchev–Trinajstić information content (AvgIpc) is 2.76. The first-order valence-electron chi connectivity index (χ1n) is 5.49. The molecule has 94 valence electrons. The summed E-state index contributed by atoms with van der Waals surface area (Å²) in [6.45, 7) is -0.0420. The van der Waals surface area contributed by atoms with Crippen molar-refractivity contribution in [2.45, 2.75) is 13.2 Å². The Kier molecular flexibility index (Phi) is 3.74. The lowest BCUT2D eigenvalue weighted by Crippen LogP contribution is -2.19. The number of amides is 1. The van der Waals surface area contributed by atoms with Crippen LogP contribution in [0.5, 0.6) is 0 Å². The highest BCUT2D eigenvalue weighted by Gasteiger charge is 2.06. The van der Waals surface area contributed by atoms with E-state index >= 15 is 0 Å². The molecule has 0 aliphatic carbocycles. The van der Waals surface area contributed by atoms with Gasteiger partial charge in [-0.1, -0.05) is 6.07 Å². The summed E-state index contributed by atoms with van der Waals surface area (Å²) >= 11 is 0. The molecule has 2 aromatic rings. The number of hydrogen-bond acceptors (Lipinski definition) is 2. The van der Waals surface area contributed by atoms with Gasteiger partial charge in [-0.3, -0.25) is 4.79 Å². The highest BCUT2D eigenvalue weighted by molar-refractivity contribution is 5.90. The van der Waals surface area contributed by atoms with Crippen LogP contribution < -0.4 is 5.32 Å². The van der Waals surface area contributed by atoms with Gasteiger partial charge in [0.1, 0.15) is 12.4 Å². The molecule has 2 N–H and O–H groups in total. The molecule has 1 amide bonds. The Bertz CT molecular complexity index is 551. The minimum Gasteiger partial charge on any atom is -0.390 e. The van der Waals surface area contributed by atoms with E-state index in [1.54, 1.807) is 29.0 Å². The van der Waals surface area contributed by atoms with Crippen molar-refractivity contribution in [3.8, 4) is 0 Å². The fourth-order valence-electron chi connectivity index (χ4n) is 1.67.